The Morgan fingerprint density at radius 1 is 1.76 bits per heavy atom. The number of rotatable bonds is 5. The monoisotopic (exact) mass is 256 g/mol. The summed E-state index contributed by atoms with van der Waals surface area (Å²) in [4.78, 5) is 16.5. The van der Waals surface area contributed by atoms with Gasteiger partial charge in [-0.15, -0.1) is 11.3 Å². The van der Waals surface area contributed by atoms with Crippen LogP contribution in [0, 0.1) is 6.92 Å². The van der Waals surface area contributed by atoms with Crippen molar-refractivity contribution in [1.82, 2.24) is 10.3 Å². The third-order valence-corrected chi connectivity index (χ3v) is 3.29. The maximum Gasteiger partial charge on any atom is 0.263 e. The minimum atomic E-state index is -0.164. The Hall–Kier alpha value is -1.63. The van der Waals surface area contributed by atoms with Crippen LogP contribution < -0.4 is 11.1 Å². The number of hydrogen-bond donors (Lipinski definition) is 3. The van der Waals surface area contributed by atoms with Crippen LogP contribution in [0.5, 0.6) is 0 Å². The largest absolute Gasteiger partial charge is 0.409 e. The minimum Gasteiger partial charge on any atom is -0.409 e. The highest BCUT2D eigenvalue weighted by molar-refractivity contribution is 7.11. The number of nitrogens with two attached hydrogens (primary N) is 1. The summed E-state index contributed by atoms with van der Waals surface area (Å²) in [5.41, 5.74) is 7.76. The number of hydrogen-bond acceptors (Lipinski definition) is 5. The quantitative estimate of drug-likeness (QED) is 0.318. The van der Waals surface area contributed by atoms with Crippen LogP contribution in [-0.4, -0.2) is 28.0 Å². The maximum absolute atomic E-state index is 11.9. The molecular weight excluding hydrogens is 240 g/mol. The Morgan fingerprint density at radius 3 is 2.94 bits per heavy atom. The van der Waals surface area contributed by atoms with Crippen molar-refractivity contribution in [3.05, 3.63) is 16.1 Å². The zero-order valence-corrected chi connectivity index (χ0v) is 10.6. The van der Waals surface area contributed by atoms with Gasteiger partial charge in [0.1, 0.15) is 10.7 Å². The second-order valence-electron chi connectivity index (χ2n) is 3.64. The Bertz CT molecular complexity index is 416. The molecule has 1 aromatic heterocycles. The summed E-state index contributed by atoms with van der Waals surface area (Å²) >= 11 is 1.30. The van der Waals surface area contributed by atoms with Crippen LogP contribution in [0.15, 0.2) is 10.7 Å². The number of carbonyl (C=O) groups is 1. The van der Waals surface area contributed by atoms with Crippen molar-refractivity contribution >= 4 is 23.1 Å². The molecule has 0 aliphatic heterocycles. The van der Waals surface area contributed by atoms with Crippen LogP contribution in [-0.2, 0) is 0 Å². The standard InChI is InChI=1S/C10H16N4O2S/c1-3-7(4-8(11)14-16)13-10(15)9-6(2)12-5-17-9/h5,7,16H,3-4H2,1-2H3,(H2,11,14)(H,13,15). The van der Waals surface area contributed by atoms with Gasteiger partial charge in [-0.1, -0.05) is 12.1 Å². The molecule has 0 aromatic carbocycles. The van der Waals surface area contributed by atoms with Gasteiger partial charge in [0.05, 0.1) is 11.2 Å². The summed E-state index contributed by atoms with van der Waals surface area (Å²) in [6.45, 7) is 3.71. The smallest absolute Gasteiger partial charge is 0.263 e. The lowest BCUT2D eigenvalue weighted by Gasteiger charge is -2.15. The first-order valence-electron chi connectivity index (χ1n) is 5.25. The molecule has 0 aliphatic carbocycles. The number of aryl methyl sites for hydroxylation is 1. The number of carbonyl (C=O) groups excluding carboxylic acids is 1. The van der Waals surface area contributed by atoms with E-state index < -0.39 is 0 Å². The fourth-order valence-corrected chi connectivity index (χ4v) is 2.07. The lowest BCUT2D eigenvalue weighted by molar-refractivity contribution is 0.0940. The van der Waals surface area contributed by atoms with Gasteiger partial charge in [-0.25, -0.2) is 4.98 Å². The summed E-state index contributed by atoms with van der Waals surface area (Å²) in [6, 6.07) is -0.139. The highest BCUT2D eigenvalue weighted by Crippen LogP contribution is 2.12. The van der Waals surface area contributed by atoms with Crippen LogP contribution >= 0.6 is 11.3 Å². The van der Waals surface area contributed by atoms with Gasteiger partial charge in [0.2, 0.25) is 0 Å². The van der Waals surface area contributed by atoms with E-state index in [4.69, 9.17) is 10.9 Å². The third kappa shape index (κ3) is 3.70. The zero-order valence-electron chi connectivity index (χ0n) is 9.80. The molecule has 0 bridgehead atoms. The molecule has 1 atom stereocenters. The van der Waals surface area contributed by atoms with E-state index in [2.05, 4.69) is 15.5 Å². The van der Waals surface area contributed by atoms with Gasteiger partial charge < -0.3 is 16.3 Å². The average molecular weight is 256 g/mol. The van der Waals surface area contributed by atoms with E-state index in [9.17, 15) is 4.79 Å². The fourth-order valence-electron chi connectivity index (χ4n) is 1.36. The molecular formula is C10H16N4O2S. The first kappa shape index (κ1) is 13.4. The maximum atomic E-state index is 11.9. The zero-order chi connectivity index (χ0) is 12.8. The molecule has 7 heteroatoms. The molecule has 0 radical (unpaired) electrons. The first-order chi connectivity index (χ1) is 8.08. The number of aromatic nitrogens is 1. The molecule has 0 saturated heterocycles. The molecule has 1 heterocycles. The first-order valence-corrected chi connectivity index (χ1v) is 6.13. The molecule has 1 unspecified atom stereocenters. The number of nitrogens with zero attached hydrogens (tertiary/aromatic N) is 2. The van der Waals surface area contributed by atoms with E-state index in [0.29, 0.717) is 23.4 Å². The van der Waals surface area contributed by atoms with Gasteiger partial charge in [0.15, 0.2) is 0 Å². The second-order valence-corrected chi connectivity index (χ2v) is 4.50. The van der Waals surface area contributed by atoms with E-state index in [1.165, 1.54) is 11.3 Å². The van der Waals surface area contributed by atoms with Crippen molar-refractivity contribution in [2.45, 2.75) is 32.7 Å². The molecule has 1 amide bonds. The van der Waals surface area contributed by atoms with Gasteiger partial charge in [-0.05, 0) is 13.3 Å². The number of thiazole rings is 1. The van der Waals surface area contributed by atoms with Crippen molar-refractivity contribution in [2.24, 2.45) is 10.9 Å². The number of amides is 1. The van der Waals surface area contributed by atoms with Crippen LogP contribution in [0.2, 0.25) is 0 Å². The van der Waals surface area contributed by atoms with E-state index in [-0.39, 0.29) is 17.8 Å². The van der Waals surface area contributed by atoms with E-state index in [0.717, 1.165) is 0 Å². The van der Waals surface area contributed by atoms with E-state index >= 15 is 0 Å². The number of amidine groups is 1. The number of oxime groups is 1. The Morgan fingerprint density at radius 2 is 2.47 bits per heavy atom. The summed E-state index contributed by atoms with van der Waals surface area (Å²) < 4.78 is 0. The molecule has 4 N–H and O–H groups in total. The van der Waals surface area contributed by atoms with Crippen LogP contribution in [0.25, 0.3) is 0 Å². The molecule has 0 spiro atoms. The van der Waals surface area contributed by atoms with Crippen LogP contribution in [0.3, 0.4) is 0 Å². The summed E-state index contributed by atoms with van der Waals surface area (Å²) in [7, 11) is 0. The van der Waals surface area contributed by atoms with Crippen molar-refractivity contribution in [2.75, 3.05) is 0 Å². The summed E-state index contributed by atoms with van der Waals surface area (Å²) in [5.74, 6) is -0.0548. The van der Waals surface area contributed by atoms with Crippen LogP contribution in [0.1, 0.15) is 35.1 Å². The van der Waals surface area contributed by atoms with Gasteiger partial charge in [-0.2, -0.15) is 0 Å². The Balaban J connectivity index is 2.63. The van der Waals surface area contributed by atoms with Crippen molar-refractivity contribution in [1.29, 1.82) is 0 Å². The van der Waals surface area contributed by atoms with Gasteiger partial charge in [0.25, 0.3) is 5.91 Å². The molecule has 1 rings (SSSR count). The molecule has 1 aromatic rings. The summed E-state index contributed by atoms with van der Waals surface area (Å²) in [6.07, 6.45) is 1.04. The lowest BCUT2D eigenvalue weighted by atomic mass is 10.1. The predicted molar refractivity (Wildman–Crippen MR) is 66.4 cm³/mol. The molecule has 94 valence electrons. The second kappa shape index (κ2) is 6.19. The molecule has 0 fully saturated rings. The van der Waals surface area contributed by atoms with Crippen molar-refractivity contribution in [3.8, 4) is 0 Å². The van der Waals surface area contributed by atoms with Gasteiger partial charge in [0, 0.05) is 12.5 Å². The lowest BCUT2D eigenvalue weighted by Crippen LogP contribution is -2.37. The van der Waals surface area contributed by atoms with Crippen molar-refractivity contribution < 1.29 is 10.0 Å². The molecule has 0 aliphatic rings. The number of nitrogens with one attached hydrogen (secondary N) is 1. The van der Waals surface area contributed by atoms with Gasteiger partial charge >= 0.3 is 0 Å². The normalized spacial score (nSPS) is 13.4. The molecule has 0 saturated carbocycles. The minimum absolute atomic E-state index is 0.109. The van der Waals surface area contributed by atoms with Crippen molar-refractivity contribution in [3.63, 3.8) is 0 Å². The van der Waals surface area contributed by atoms with E-state index in [1.54, 1.807) is 12.4 Å². The highest BCUT2D eigenvalue weighted by atomic mass is 32.1. The topological polar surface area (TPSA) is 101 Å². The van der Waals surface area contributed by atoms with E-state index in [1.807, 2.05) is 6.92 Å². The highest BCUT2D eigenvalue weighted by Gasteiger charge is 2.16. The summed E-state index contributed by atoms with van der Waals surface area (Å²) in [5, 5.41) is 14.2. The average Bonchev–Trinajstić information content (AvgIpc) is 2.74. The van der Waals surface area contributed by atoms with Gasteiger partial charge in [-0.3, -0.25) is 4.79 Å². The van der Waals surface area contributed by atoms with Crippen LogP contribution in [0.4, 0.5) is 0 Å². The SMILES string of the molecule is CCC(CC(N)=NO)NC(=O)c1scnc1C. The Kier molecular flexibility index (Phi) is 4.89. The molecule has 17 heavy (non-hydrogen) atoms. The third-order valence-electron chi connectivity index (χ3n) is 2.36. The fraction of sp³-hybridized carbons (Fsp3) is 0.500. The predicted octanol–water partition coefficient (Wildman–Crippen LogP) is 1.10. The molecule has 6 nitrogen and oxygen atoms in total. The Labute approximate surface area is 104 Å².